The summed E-state index contributed by atoms with van der Waals surface area (Å²) in [6.45, 7) is 1.06. The molecule has 2 heterocycles. The predicted octanol–water partition coefficient (Wildman–Crippen LogP) is 2.50. The molecule has 1 amide bonds. The molecule has 2 aromatic heterocycles. The zero-order valence-electron chi connectivity index (χ0n) is 17.9. The quantitative estimate of drug-likeness (QED) is 0.444. The third-order valence-corrected chi connectivity index (χ3v) is 6.26. The molecule has 0 aliphatic carbocycles. The molecule has 0 unspecified atom stereocenters. The van der Waals surface area contributed by atoms with Crippen LogP contribution < -0.4 is 5.32 Å². The van der Waals surface area contributed by atoms with Gasteiger partial charge in [-0.15, -0.1) is 0 Å². The number of carbonyl (C=O) groups excluding carboxylic acids is 1. The van der Waals surface area contributed by atoms with Crippen LogP contribution in [0.3, 0.4) is 0 Å². The summed E-state index contributed by atoms with van der Waals surface area (Å²) in [6.07, 6.45) is 2.86. The maximum absolute atomic E-state index is 12.0. The summed E-state index contributed by atoms with van der Waals surface area (Å²) in [5, 5.41) is 2.62. The zero-order chi connectivity index (χ0) is 22.9. The Balaban J connectivity index is 1.75. The van der Waals surface area contributed by atoms with Crippen LogP contribution in [0.5, 0.6) is 0 Å². The molecular weight excluding hydrogens is 430 g/mol. The molecular formula is C22H23N5O4S. The highest BCUT2D eigenvalue weighted by molar-refractivity contribution is 7.90. The number of H-pyrrole nitrogens is 1. The Hall–Kier alpha value is -3.50. The lowest BCUT2D eigenvalue weighted by atomic mass is 10.2. The molecule has 0 fully saturated rings. The molecule has 2 N–H and O–H groups in total. The number of hydrogen-bond acceptors (Lipinski definition) is 6. The number of sulfone groups is 1. The molecule has 10 heteroatoms. The number of methoxy groups -OCH3 is 1. The number of aromatic amines is 1. The van der Waals surface area contributed by atoms with E-state index in [1.165, 1.54) is 6.26 Å². The van der Waals surface area contributed by atoms with E-state index < -0.39 is 9.84 Å². The van der Waals surface area contributed by atoms with Gasteiger partial charge >= 0.3 is 0 Å². The lowest BCUT2D eigenvalue weighted by molar-refractivity contribution is 0.0963. The molecule has 0 saturated heterocycles. The van der Waals surface area contributed by atoms with Gasteiger partial charge in [0.05, 0.1) is 28.7 Å². The first kappa shape index (κ1) is 21.7. The van der Waals surface area contributed by atoms with Crippen LogP contribution in [0.1, 0.15) is 10.4 Å². The van der Waals surface area contributed by atoms with Crippen LogP contribution >= 0.6 is 0 Å². The summed E-state index contributed by atoms with van der Waals surface area (Å²) < 4.78 is 30.7. The summed E-state index contributed by atoms with van der Waals surface area (Å²) in [6, 6.07) is 11.9. The van der Waals surface area contributed by atoms with E-state index in [4.69, 9.17) is 9.72 Å². The van der Waals surface area contributed by atoms with E-state index in [2.05, 4.69) is 15.3 Å². The molecule has 0 aliphatic rings. The molecule has 0 aliphatic heterocycles. The fraction of sp³-hybridized carbons (Fsp3) is 0.227. The Bertz CT molecular complexity index is 1390. The first-order valence-electron chi connectivity index (χ1n) is 9.89. The molecule has 0 atom stereocenters. The highest BCUT2D eigenvalue weighted by Crippen LogP contribution is 2.27. The minimum Gasteiger partial charge on any atom is -0.383 e. The summed E-state index contributed by atoms with van der Waals surface area (Å²) in [7, 11) is -0.0419. The summed E-state index contributed by atoms with van der Waals surface area (Å²) >= 11 is 0. The third kappa shape index (κ3) is 4.14. The van der Waals surface area contributed by atoms with Gasteiger partial charge in [-0.1, -0.05) is 0 Å². The second-order valence-corrected chi connectivity index (χ2v) is 9.32. The fourth-order valence-corrected chi connectivity index (χ4v) is 4.10. The van der Waals surface area contributed by atoms with Crippen molar-refractivity contribution in [2.75, 3.05) is 27.0 Å². The molecule has 0 saturated carbocycles. The van der Waals surface area contributed by atoms with Gasteiger partial charge in [-0.05, 0) is 42.5 Å². The maximum Gasteiger partial charge on any atom is 0.251 e. The van der Waals surface area contributed by atoms with Crippen molar-refractivity contribution in [1.29, 1.82) is 0 Å². The van der Waals surface area contributed by atoms with Gasteiger partial charge < -0.3 is 19.6 Å². The number of imidazole rings is 2. The highest BCUT2D eigenvalue weighted by atomic mass is 32.2. The average Bonchev–Trinajstić information content (AvgIpc) is 3.41. The standard InChI is InChI=1S/C22H23N5O4S/c1-23-22(28)15-6-9-19-17(12-15)26-21(27(19)10-11-31-2)18-13-24-20(25-18)14-4-7-16(8-5-14)32(3,29)30/h4-9,12-13H,10-11H2,1-3H3,(H,23,28)(H,24,25). The maximum atomic E-state index is 12.0. The lowest BCUT2D eigenvalue weighted by Crippen LogP contribution is -2.17. The average molecular weight is 454 g/mol. The minimum atomic E-state index is -3.26. The third-order valence-electron chi connectivity index (χ3n) is 5.13. The van der Waals surface area contributed by atoms with E-state index in [1.54, 1.807) is 56.8 Å². The Labute approximate surface area is 185 Å². The largest absolute Gasteiger partial charge is 0.383 e. The first-order valence-corrected chi connectivity index (χ1v) is 11.8. The summed E-state index contributed by atoms with van der Waals surface area (Å²) in [5.41, 5.74) is 3.54. The van der Waals surface area contributed by atoms with Crippen LogP contribution in [-0.2, 0) is 21.1 Å². The van der Waals surface area contributed by atoms with Crippen molar-refractivity contribution in [2.24, 2.45) is 0 Å². The molecule has 0 radical (unpaired) electrons. The SMILES string of the molecule is CNC(=O)c1ccc2c(c1)nc(-c1cnc(-c3ccc(S(C)(=O)=O)cc3)[nH]1)n2CCOC. The van der Waals surface area contributed by atoms with Crippen molar-refractivity contribution in [3.63, 3.8) is 0 Å². The Kier molecular flexibility index (Phi) is 5.81. The van der Waals surface area contributed by atoms with Crippen molar-refractivity contribution in [3.8, 4) is 22.9 Å². The molecule has 2 aromatic carbocycles. The van der Waals surface area contributed by atoms with Crippen molar-refractivity contribution < 1.29 is 17.9 Å². The van der Waals surface area contributed by atoms with Gasteiger partial charge in [-0.25, -0.2) is 18.4 Å². The zero-order valence-corrected chi connectivity index (χ0v) is 18.7. The molecule has 0 spiro atoms. The second-order valence-electron chi connectivity index (χ2n) is 7.30. The molecule has 9 nitrogen and oxygen atoms in total. The minimum absolute atomic E-state index is 0.179. The number of nitrogens with one attached hydrogen (secondary N) is 2. The fourth-order valence-electron chi connectivity index (χ4n) is 3.47. The van der Waals surface area contributed by atoms with E-state index in [0.717, 1.165) is 11.1 Å². The lowest BCUT2D eigenvalue weighted by Gasteiger charge is -2.07. The van der Waals surface area contributed by atoms with Crippen molar-refractivity contribution in [1.82, 2.24) is 24.8 Å². The van der Waals surface area contributed by atoms with Gasteiger partial charge in [-0.3, -0.25) is 4.79 Å². The molecule has 166 valence electrons. The number of carbonyl (C=O) groups is 1. The number of hydrogen-bond donors (Lipinski definition) is 2. The smallest absolute Gasteiger partial charge is 0.251 e. The molecule has 4 rings (SSSR count). The predicted molar refractivity (Wildman–Crippen MR) is 121 cm³/mol. The van der Waals surface area contributed by atoms with E-state index in [1.807, 2.05) is 10.6 Å². The number of fused-ring (bicyclic) bond motifs is 1. The molecule has 4 aromatic rings. The topological polar surface area (TPSA) is 119 Å². The van der Waals surface area contributed by atoms with Crippen LogP contribution in [0.2, 0.25) is 0 Å². The second kappa shape index (κ2) is 8.56. The number of benzene rings is 2. The number of ether oxygens (including phenoxy) is 1. The molecule has 32 heavy (non-hydrogen) atoms. The van der Waals surface area contributed by atoms with Gasteiger partial charge in [0.1, 0.15) is 11.5 Å². The van der Waals surface area contributed by atoms with E-state index >= 15 is 0 Å². The van der Waals surface area contributed by atoms with Crippen LogP contribution in [0.4, 0.5) is 0 Å². The van der Waals surface area contributed by atoms with Gasteiger partial charge in [0.15, 0.2) is 15.7 Å². The summed E-state index contributed by atoms with van der Waals surface area (Å²) in [4.78, 5) is 24.7. The van der Waals surface area contributed by atoms with Crippen LogP contribution in [-0.4, -0.2) is 60.9 Å². The Morgan fingerprint density at radius 2 is 1.94 bits per heavy atom. The number of amides is 1. The van der Waals surface area contributed by atoms with Crippen LogP contribution in [0.15, 0.2) is 53.6 Å². The monoisotopic (exact) mass is 453 g/mol. The van der Waals surface area contributed by atoms with Crippen molar-refractivity contribution in [3.05, 3.63) is 54.2 Å². The van der Waals surface area contributed by atoms with Gasteiger partial charge in [0, 0.05) is 38.1 Å². The Morgan fingerprint density at radius 1 is 1.19 bits per heavy atom. The summed E-state index contributed by atoms with van der Waals surface area (Å²) in [5.74, 6) is 1.08. The number of rotatable bonds is 7. The number of nitrogens with zero attached hydrogens (tertiary/aromatic N) is 3. The van der Waals surface area contributed by atoms with E-state index in [9.17, 15) is 13.2 Å². The van der Waals surface area contributed by atoms with Gasteiger partial charge in [-0.2, -0.15) is 0 Å². The first-order chi connectivity index (χ1) is 15.3. The van der Waals surface area contributed by atoms with Crippen molar-refractivity contribution >= 4 is 26.8 Å². The van der Waals surface area contributed by atoms with E-state index in [0.29, 0.717) is 41.6 Å². The Morgan fingerprint density at radius 3 is 2.59 bits per heavy atom. The van der Waals surface area contributed by atoms with Gasteiger partial charge in [0.2, 0.25) is 0 Å². The van der Waals surface area contributed by atoms with Crippen molar-refractivity contribution in [2.45, 2.75) is 11.4 Å². The van der Waals surface area contributed by atoms with Crippen LogP contribution in [0, 0.1) is 0 Å². The van der Waals surface area contributed by atoms with E-state index in [-0.39, 0.29) is 10.8 Å². The van der Waals surface area contributed by atoms with Gasteiger partial charge in [0.25, 0.3) is 5.91 Å². The van der Waals surface area contributed by atoms with Crippen LogP contribution in [0.25, 0.3) is 33.9 Å². The number of aromatic nitrogens is 4. The normalized spacial score (nSPS) is 11.7. The highest BCUT2D eigenvalue weighted by Gasteiger charge is 2.17. The molecule has 0 bridgehead atoms.